The number of fused-ring (bicyclic) bond motifs is 1. The third kappa shape index (κ3) is 4.07. The molecule has 0 unspecified atom stereocenters. The first-order valence-corrected chi connectivity index (χ1v) is 11.0. The molecule has 0 spiro atoms. The van der Waals surface area contributed by atoms with E-state index < -0.39 is 0 Å². The molecule has 2 heterocycles. The van der Waals surface area contributed by atoms with Crippen molar-refractivity contribution in [1.29, 1.82) is 0 Å². The summed E-state index contributed by atoms with van der Waals surface area (Å²) in [5.74, 6) is 1.57. The third-order valence-electron chi connectivity index (χ3n) is 5.95. The van der Waals surface area contributed by atoms with Gasteiger partial charge in [0.25, 0.3) is 0 Å². The number of benzene rings is 1. The van der Waals surface area contributed by atoms with E-state index in [4.69, 9.17) is 25.8 Å². The largest absolute Gasteiger partial charge is 0.493 e. The van der Waals surface area contributed by atoms with Gasteiger partial charge in [0.05, 0.1) is 31.1 Å². The standard InChI is InChI=1S/C21H26ClNO4S/c1-12-7-14(3-5-17(12)22)26-10-16-15-4-6-18(21-23-13(9-24)11-28-21)27-20(15)8-19(16)25-2/h3,5,7,11,15-16,18-20,24H,4,6,8-10H2,1-2H3/t15-,16-,18-,19+,20+/m1/s1. The van der Waals surface area contributed by atoms with Gasteiger partial charge < -0.3 is 19.3 Å². The molecule has 28 heavy (non-hydrogen) atoms. The minimum absolute atomic E-state index is 0.0163. The predicted octanol–water partition coefficient (Wildman–Crippen LogP) is 4.55. The first-order valence-electron chi connectivity index (χ1n) is 9.71. The second kappa shape index (κ2) is 8.67. The Labute approximate surface area is 174 Å². The number of nitrogens with zero attached hydrogens (tertiary/aromatic N) is 1. The molecule has 0 bridgehead atoms. The zero-order chi connectivity index (χ0) is 19.7. The van der Waals surface area contributed by atoms with Gasteiger partial charge >= 0.3 is 0 Å². The average Bonchev–Trinajstić information content (AvgIpc) is 3.32. The highest BCUT2D eigenvalue weighted by Gasteiger charge is 2.48. The highest BCUT2D eigenvalue weighted by atomic mass is 35.5. The Balaban J connectivity index is 1.41. The van der Waals surface area contributed by atoms with E-state index in [1.165, 1.54) is 0 Å². The maximum atomic E-state index is 9.25. The first-order chi connectivity index (χ1) is 13.6. The monoisotopic (exact) mass is 423 g/mol. The number of rotatable bonds is 6. The lowest BCUT2D eigenvalue weighted by Crippen LogP contribution is -2.33. The summed E-state index contributed by atoms with van der Waals surface area (Å²) >= 11 is 7.68. The molecule has 1 aromatic heterocycles. The SMILES string of the molecule is CO[C@H]1C[C@@H]2O[C@@H](c3nc(CO)cs3)CC[C@@H]2[C@H]1COc1ccc(Cl)c(C)c1. The van der Waals surface area contributed by atoms with E-state index in [9.17, 15) is 5.11 Å². The quantitative estimate of drug-likeness (QED) is 0.738. The summed E-state index contributed by atoms with van der Waals surface area (Å²) in [5.41, 5.74) is 1.73. The van der Waals surface area contributed by atoms with Crippen LogP contribution in [0.4, 0.5) is 0 Å². The van der Waals surface area contributed by atoms with Crippen LogP contribution in [0.2, 0.25) is 5.02 Å². The van der Waals surface area contributed by atoms with Crippen molar-refractivity contribution in [2.45, 2.75) is 51.1 Å². The molecule has 1 aliphatic carbocycles. The lowest BCUT2D eigenvalue weighted by Gasteiger charge is -2.34. The molecule has 1 saturated heterocycles. The Morgan fingerprint density at radius 3 is 2.93 bits per heavy atom. The number of aliphatic hydroxyl groups is 1. The molecule has 1 aliphatic heterocycles. The zero-order valence-corrected chi connectivity index (χ0v) is 17.7. The molecular weight excluding hydrogens is 398 g/mol. The van der Waals surface area contributed by atoms with Gasteiger partial charge in [0.1, 0.15) is 16.9 Å². The number of hydrogen-bond acceptors (Lipinski definition) is 6. The number of halogens is 1. The molecule has 0 amide bonds. The van der Waals surface area contributed by atoms with Gasteiger partial charge in [-0.3, -0.25) is 0 Å². The molecule has 0 radical (unpaired) electrons. The van der Waals surface area contributed by atoms with E-state index in [1.54, 1.807) is 18.4 Å². The fraction of sp³-hybridized carbons (Fsp3) is 0.571. The van der Waals surface area contributed by atoms with E-state index in [-0.39, 0.29) is 24.9 Å². The smallest absolute Gasteiger partial charge is 0.122 e. The van der Waals surface area contributed by atoms with E-state index in [0.717, 1.165) is 46.3 Å². The van der Waals surface area contributed by atoms with Gasteiger partial charge in [0.2, 0.25) is 0 Å². The second-order valence-corrected chi connectivity index (χ2v) is 8.93. The lowest BCUT2D eigenvalue weighted by molar-refractivity contribution is -0.0812. The molecule has 2 aliphatic rings. The molecule has 1 N–H and O–H groups in total. The predicted molar refractivity (Wildman–Crippen MR) is 109 cm³/mol. The Morgan fingerprint density at radius 2 is 2.21 bits per heavy atom. The van der Waals surface area contributed by atoms with Crippen molar-refractivity contribution in [3.05, 3.63) is 44.9 Å². The van der Waals surface area contributed by atoms with Crippen molar-refractivity contribution < 1.29 is 19.3 Å². The fourth-order valence-corrected chi connectivity index (χ4v) is 5.43. The summed E-state index contributed by atoms with van der Waals surface area (Å²) in [6.45, 7) is 2.57. The van der Waals surface area contributed by atoms with E-state index in [2.05, 4.69) is 4.98 Å². The Hall–Kier alpha value is -1.18. The van der Waals surface area contributed by atoms with Crippen molar-refractivity contribution >= 4 is 22.9 Å². The van der Waals surface area contributed by atoms with Gasteiger partial charge in [-0.25, -0.2) is 4.98 Å². The van der Waals surface area contributed by atoms with Gasteiger partial charge in [0, 0.05) is 29.9 Å². The molecule has 2 aromatic rings. The number of hydrogen-bond donors (Lipinski definition) is 1. The summed E-state index contributed by atoms with van der Waals surface area (Å²) in [4.78, 5) is 4.49. The number of aromatic nitrogens is 1. The fourth-order valence-electron chi connectivity index (χ4n) is 4.44. The summed E-state index contributed by atoms with van der Waals surface area (Å²) in [7, 11) is 1.77. The van der Waals surface area contributed by atoms with Gasteiger partial charge in [-0.05, 0) is 49.4 Å². The van der Waals surface area contributed by atoms with Gasteiger partial charge in [-0.15, -0.1) is 11.3 Å². The Morgan fingerprint density at radius 1 is 1.36 bits per heavy atom. The molecular formula is C21H26ClNO4S. The summed E-state index contributed by atoms with van der Waals surface area (Å²) in [6, 6.07) is 5.77. The molecule has 1 saturated carbocycles. The maximum absolute atomic E-state index is 9.25. The van der Waals surface area contributed by atoms with Crippen molar-refractivity contribution in [2.75, 3.05) is 13.7 Å². The highest BCUT2D eigenvalue weighted by Crippen LogP contribution is 2.47. The zero-order valence-electron chi connectivity index (χ0n) is 16.1. The van der Waals surface area contributed by atoms with Crippen LogP contribution in [0.5, 0.6) is 5.75 Å². The van der Waals surface area contributed by atoms with Crippen molar-refractivity contribution in [3.63, 3.8) is 0 Å². The van der Waals surface area contributed by atoms with E-state index in [1.807, 2.05) is 30.5 Å². The van der Waals surface area contributed by atoms with Crippen molar-refractivity contribution in [3.8, 4) is 5.75 Å². The van der Waals surface area contributed by atoms with Crippen molar-refractivity contribution in [1.82, 2.24) is 4.98 Å². The summed E-state index contributed by atoms with van der Waals surface area (Å²) < 4.78 is 18.3. The first kappa shape index (κ1) is 20.1. The van der Waals surface area contributed by atoms with Crippen LogP contribution in [0, 0.1) is 18.8 Å². The molecule has 152 valence electrons. The van der Waals surface area contributed by atoms with Gasteiger partial charge in [0.15, 0.2) is 0 Å². The minimum Gasteiger partial charge on any atom is -0.493 e. The second-order valence-electron chi connectivity index (χ2n) is 7.64. The lowest BCUT2D eigenvalue weighted by atomic mass is 9.87. The van der Waals surface area contributed by atoms with Crippen LogP contribution in [0.3, 0.4) is 0 Å². The van der Waals surface area contributed by atoms with Crippen LogP contribution in [-0.2, 0) is 16.1 Å². The van der Waals surface area contributed by atoms with Crippen molar-refractivity contribution in [2.24, 2.45) is 11.8 Å². The van der Waals surface area contributed by atoms with E-state index in [0.29, 0.717) is 18.4 Å². The maximum Gasteiger partial charge on any atom is 0.122 e. The molecule has 4 rings (SSSR count). The number of aryl methyl sites for hydroxylation is 1. The van der Waals surface area contributed by atoms with Crippen LogP contribution in [0.1, 0.15) is 41.6 Å². The molecule has 1 aromatic carbocycles. The highest BCUT2D eigenvalue weighted by molar-refractivity contribution is 7.09. The summed E-state index contributed by atoms with van der Waals surface area (Å²) in [6.07, 6.45) is 3.19. The van der Waals surface area contributed by atoms with Gasteiger partial charge in [-0.1, -0.05) is 11.6 Å². The normalized spacial score (nSPS) is 29.6. The molecule has 5 nitrogen and oxygen atoms in total. The summed E-state index contributed by atoms with van der Waals surface area (Å²) in [5, 5.41) is 12.9. The van der Waals surface area contributed by atoms with Crippen LogP contribution in [0.15, 0.2) is 23.6 Å². The molecule has 7 heteroatoms. The van der Waals surface area contributed by atoms with Crippen LogP contribution < -0.4 is 4.74 Å². The number of thiazole rings is 1. The number of ether oxygens (including phenoxy) is 3. The minimum atomic E-state index is -0.0232. The average molecular weight is 424 g/mol. The molecule has 5 atom stereocenters. The van der Waals surface area contributed by atoms with Crippen LogP contribution in [-0.4, -0.2) is 36.0 Å². The third-order valence-corrected chi connectivity index (χ3v) is 7.36. The van der Waals surface area contributed by atoms with Crippen LogP contribution >= 0.6 is 22.9 Å². The number of methoxy groups -OCH3 is 1. The Kier molecular flexibility index (Phi) is 6.23. The molecule has 2 fully saturated rings. The van der Waals surface area contributed by atoms with E-state index >= 15 is 0 Å². The van der Waals surface area contributed by atoms with Crippen LogP contribution in [0.25, 0.3) is 0 Å². The number of aliphatic hydroxyl groups excluding tert-OH is 1. The Bertz CT molecular complexity index is 813. The van der Waals surface area contributed by atoms with Gasteiger partial charge in [-0.2, -0.15) is 0 Å². The topological polar surface area (TPSA) is 60.8 Å².